The summed E-state index contributed by atoms with van der Waals surface area (Å²) < 4.78 is 24.0. The fourth-order valence-corrected chi connectivity index (χ4v) is 1.67. The second-order valence-electron chi connectivity index (χ2n) is 4.02. The van der Waals surface area contributed by atoms with Crippen LogP contribution in [0.5, 0.6) is 5.75 Å². The number of hydrogen-bond donors (Lipinski definition) is 1. The smallest absolute Gasteiger partial charge is 0.253 e. The van der Waals surface area contributed by atoms with Crippen LogP contribution in [0.15, 0.2) is 22.6 Å². The molecule has 1 aromatic heterocycles. The van der Waals surface area contributed by atoms with Crippen LogP contribution >= 0.6 is 0 Å². The highest BCUT2D eigenvalue weighted by molar-refractivity contribution is 5.34. The maximum absolute atomic E-state index is 13.1. The van der Waals surface area contributed by atoms with Gasteiger partial charge in [0, 0.05) is 6.42 Å². The lowest BCUT2D eigenvalue weighted by Crippen LogP contribution is -2.06. The molecular formula is C13H16FN3O2. The number of ether oxygens (including phenoxy) is 1. The minimum Gasteiger partial charge on any atom is -0.484 e. The highest BCUT2D eigenvalue weighted by Gasteiger charge is 2.08. The summed E-state index contributed by atoms with van der Waals surface area (Å²) in [4.78, 5) is 0. The van der Waals surface area contributed by atoms with Gasteiger partial charge in [0.2, 0.25) is 5.89 Å². The summed E-state index contributed by atoms with van der Waals surface area (Å²) in [6, 6.07) is 4.35. The van der Waals surface area contributed by atoms with Crippen LogP contribution < -0.4 is 10.5 Å². The van der Waals surface area contributed by atoms with Crippen LogP contribution in [-0.4, -0.2) is 16.7 Å². The number of benzene rings is 1. The molecule has 0 amide bonds. The molecule has 2 aromatic rings. The van der Waals surface area contributed by atoms with Crippen LogP contribution in [0.2, 0.25) is 0 Å². The summed E-state index contributed by atoms with van der Waals surface area (Å²) in [5.74, 6) is 1.25. The van der Waals surface area contributed by atoms with Crippen molar-refractivity contribution in [2.75, 3.05) is 6.54 Å². The number of aryl methyl sites for hydroxylation is 1. The average molecular weight is 265 g/mol. The van der Waals surface area contributed by atoms with Gasteiger partial charge in [-0.15, -0.1) is 10.2 Å². The zero-order valence-corrected chi connectivity index (χ0v) is 10.7. The van der Waals surface area contributed by atoms with E-state index < -0.39 is 0 Å². The van der Waals surface area contributed by atoms with Gasteiger partial charge in [0.25, 0.3) is 5.89 Å². The maximum atomic E-state index is 13.1. The van der Waals surface area contributed by atoms with Crippen LogP contribution in [0, 0.1) is 5.82 Å². The number of aromatic nitrogens is 2. The molecule has 0 aliphatic heterocycles. The fraction of sp³-hybridized carbons (Fsp3) is 0.385. The van der Waals surface area contributed by atoms with Crippen molar-refractivity contribution in [3.05, 3.63) is 41.4 Å². The largest absolute Gasteiger partial charge is 0.484 e. The fourth-order valence-electron chi connectivity index (χ4n) is 1.67. The van der Waals surface area contributed by atoms with Gasteiger partial charge < -0.3 is 14.9 Å². The van der Waals surface area contributed by atoms with Crippen molar-refractivity contribution < 1.29 is 13.5 Å². The predicted octanol–water partition coefficient (Wildman–Crippen LogP) is 1.85. The van der Waals surface area contributed by atoms with E-state index in [1.807, 2.05) is 6.92 Å². The molecular weight excluding hydrogens is 249 g/mol. The number of halogens is 1. The zero-order valence-electron chi connectivity index (χ0n) is 10.7. The Morgan fingerprint density at radius 1 is 1.32 bits per heavy atom. The first-order valence-electron chi connectivity index (χ1n) is 6.15. The molecule has 0 aliphatic carbocycles. The quantitative estimate of drug-likeness (QED) is 0.862. The van der Waals surface area contributed by atoms with Gasteiger partial charge in [0.1, 0.15) is 11.6 Å². The molecule has 5 nitrogen and oxygen atoms in total. The Morgan fingerprint density at radius 3 is 2.79 bits per heavy atom. The molecule has 0 aliphatic rings. The second kappa shape index (κ2) is 6.29. The molecule has 0 radical (unpaired) electrons. The molecule has 0 atom stereocenters. The average Bonchev–Trinajstić information content (AvgIpc) is 2.86. The number of hydrogen-bond acceptors (Lipinski definition) is 5. The minimum atomic E-state index is -0.304. The Hall–Kier alpha value is -1.95. The summed E-state index contributed by atoms with van der Waals surface area (Å²) in [7, 11) is 0. The lowest BCUT2D eigenvalue weighted by atomic mass is 10.1. The van der Waals surface area contributed by atoms with Gasteiger partial charge in [-0.1, -0.05) is 6.92 Å². The van der Waals surface area contributed by atoms with E-state index >= 15 is 0 Å². The molecule has 0 saturated heterocycles. The summed E-state index contributed by atoms with van der Waals surface area (Å²) in [5, 5.41) is 7.70. The Balaban J connectivity index is 2.05. The van der Waals surface area contributed by atoms with Gasteiger partial charge in [-0.25, -0.2) is 4.39 Å². The van der Waals surface area contributed by atoms with Crippen molar-refractivity contribution in [3.63, 3.8) is 0 Å². The highest BCUT2D eigenvalue weighted by atomic mass is 19.1. The molecule has 0 unspecified atom stereocenters. The van der Waals surface area contributed by atoms with Gasteiger partial charge in [-0.2, -0.15) is 0 Å². The number of nitrogens with zero attached hydrogens (tertiary/aromatic N) is 2. The second-order valence-corrected chi connectivity index (χ2v) is 4.02. The van der Waals surface area contributed by atoms with Crippen LogP contribution in [-0.2, 0) is 19.4 Å². The molecule has 2 rings (SSSR count). The molecule has 2 N–H and O–H groups in total. The van der Waals surface area contributed by atoms with Crippen molar-refractivity contribution in [3.8, 4) is 5.75 Å². The molecule has 0 fully saturated rings. The van der Waals surface area contributed by atoms with E-state index in [0.717, 1.165) is 5.56 Å². The van der Waals surface area contributed by atoms with Gasteiger partial charge in [0.05, 0.1) is 0 Å². The summed E-state index contributed by atoms with van der Waals surface area (Å²) in [6.07, 6.45) is 1.24. The van der Waals surface area contributed by atoms with E-state index in [4.69, 9.17) is 14.9 Å². The van der Waals surface area contributed by atoms with Crippen LogP contribution in [0.25, 0.3) is 0 Å². The first-order valence-corrected chi connectivity index (χ1v) is 6.15. The first-order chi connectivity index (χ1) is 9.22. The van der Waals surface area contributed by atoms with E-state index in [9.17, 15) is 4.39 Å². The van der Waals surface area contributed by atoms with E-state index in [1.165, 1.54) is 12.1 Å². The number of nitrogens with two attached hydrogens (primary N) is 1. The topological polar surface area (TPSA) is 74.2 Å². The normalized spacial score (nSPS) is 10.7. The Kier molecular flexibility index (Phi) is 4.46. The van der Waals surface area contributed by atoms with Crippen molar-refractivity contribution in [1.82, 2.24) is 10.2 Å². The monoisotopic (exact) mass is 265 g/mol. The van der Waals surface area contributed by atoms with E-state index in [-0.39, 0.29) is 12.4 Å². The van der Waals surface area contributed by atoms with Crippen molar-refractivity contribution in [2.45, 2.75) is 26.4 Å². The van der Waals surface area contributed by atoms with Crippen molar-refractivity contribution in [2.24, 2.45) is 5.73 Å². The molecule has 6 heteroatoms. The Bertz CT molecular complexity index is 542. The van der Waals surface area contributed by atoms with Crippen LogP contribution in [0.1, 0.15) is 24.3 Å². The van der Waals surface area contributed by atoms with Gasteiger partial charge in [-0.05, 0) is 36.7 Å². The molecule has 0 bridgehead atoms. The van der Waals surface area contributed by atoms with Gasteiger partial charge >= 0.3 is 0 Å². The Labute approximate surface area is 110 Å². The summed E-state index contributed by atoms with van der Waals surface area (Å²) in [6.45, 7) is 2.52. The lowest BCUT2D eigenvalue weighted by molar-refractivity contribution is 0.256. The molecule has 1 heterocycles. The molecule has 0 spiro atoms. The lowest BCUT2D eigenvalue weighted by Gasteiger charge is -2.09. The third-order valence-electron chi connectivity index (χ3n) is 2.60. The third kappa shape index (κ3) is 3.51. The van der Waals surface area contributed by atoms with Gasteiger partial charge in [0.15, 0.2) is 6.61 Å². The van der Waals surface area contributed by atoms with E-state index in [1.54, 1.807) is 6.07 Å². The van der Waals surface area contributed by atoms with Crippen molar-refractivity contribution in [1.29, 1.82) is 0 Å². The minimum absolute atomic E-state index is 0.163. The van der Waals surface area contributed by atoms with Gasteiger partial charge in [-0.3, -0.25) is 0 Å². The molecule has 1 aromatic carbocycles. The molecule has 0 saturated carbocycles. The summed E-state index contributed by atoms with van der Waals surface area (Å²) >= 11 is 0. The molecule has 102 valence electrons. The van der Waals surface area contributed by atoms with E-state index in [0.29, 0.717) is 36.9 Å². The first kappa shape index (κ1) is 13.5. The van der Waals surface area contributed by atoms with Crippen molar-refractivity contribution >= 4 is 0 Å². The van der Waals surface area contributed by atoms with E-state index in [2.05, 4.69) is 10.2 Å². The highest BCUT2D eigenvalue weighted by Crippen LogP contribution is 2.21. The van der Waals surface area contributed by atoms with Crippen LogP contribution in [0.4, 0.5) is 4.39 Å². The number of rotatable bonds is 6. The van der Waals surface area contributed by atoms with Crippen LogP contribution in [0.3, 0.4) is 0 Å². The maximum Gasteiger partial charge on any atom is 0.253 e. The predicted molar refractivity (Wildman–Crippen MR) is 67.2 cm³/mol. The summed E-state index contributed by atoms with van der Waals surface area (Å²) in [5.41, 5.74) is 6.22. The zero-order chi connectivity index (χ0) is 13.7. The Morgan fingerprint density at radius 2 is 2.11 bits per heavy atom. The third-order valence-corrected chi connectivity index (χ3v) is 2.60. The standard InChI is InChI=1S/C13H16FN3O2/c1-2-12-16-17-13(19-12)8-18-11-4-3-10(14)7-9(11)5-6-15/h3-4,7H,2,5-6,8,15H2,1H3. The molecule has 19 heavy (non-hydrogen) atoms. The SMILES string of the molecule is CCc1nnc(COc2ccc(F)cc2CCN)o1.